The Morgan fingerprint density at radius 3 is 2.57 bits per heavy atom. The van der Waals surface area contributed by atoms with Gasteiger partial charge in [0.1, 0.15) is 12.1 Å². The molecule has 0 saturated carbocycles. The molecule has 7 nitrogen and oxygen atoms in total. The number of aliphatic hydroxyl groups excluding tert-OH is 1. The summed E-state index contributed by atoms with van der Waals surface area (Å²) < 4.78 is 5.59. The molecule has 0 radical (unpaired) electrons. The molecule has 2 fully saturated rings. The fourth-order valence-electron chi connectivity index (χ4n) is 4.88. The van der Waals surface area contributed by atoms with E-state index in [-0.39, 0.29) is 12.0 Å². The molecule has 2 aliphatic rings. The summed E-state index contributed by atoms with van der Waals surface area (Å²) in [7, 11) is 0. The van der Waals surface area contributed by atoms with Gasteiger partial charge in [0.25, 0.3) is 0 Å². The molecule has 2 aliphatic heterocycles. The molecule has 2 aromatic rings. The first-order valence-electron chi connectivity index (χ1n) is 10.6. The van der Waals surface area contributed by atoms with Crippen LogP contribution in [0.4, 0.5) is 0 Å². The number of likely N-dealkylation sites (tertiary alicyclic amines) is 2. The number of hydrogen-bond acceptors (Lipinski definition) is 6. The smallest absolute Gasteiger partial charge is 0.196 e. The molecular formula is C21H33N5O2. The fourth-order valence-corrected chi connectivity index (χ4v) is 4.88. The normalized spacial score (nSPS) is 23.6. The lowest BCUT2D eigenvalue weighted by molar-refractivity contribution is -0.0455. The van der Waals surface area contributed by atoms with E-state index in [9.17, 15) is 5.11 Å². The highest BCUT2D eigenvalue weighted by Crippen LogP contribution is 2.45. The SMILES string of the molecule is CC(C)c1nc(CN2CCC3(CCN(Cc4ncc[nH]4)CC3)[C@H](CO)C2)co1. The van der Waals surface area contributed by atoms with Crippen LogP contribution in [0.3, 0.4) is 0 Å². The molecule has 28 heavy (non-hydrogen) atoms. The number of aliphatic hydroxyl groups is 1. The number of oxazole rings is 1. The minimum atomic E-state index is 0.269. The summed E-state index contributed by atoms with van der Waals surface area (Å²) in [6.45, 7) is 10.3. The summed E-state index contributed by atoms with van der Waals surface area (Å²) in [5, 5.41) is 10.2. The van der Waals surface area contributed by atoms with E-state index in [4.69, 9.17) is 4.42 Å². The van der Waals surface area contributed by atoms with Gasteiger partial charge in [-0.3, -0.25) is 9.80 Å². The molecule has 0 aliphatic carbocycles. The third-order valence-corrected chi connectivity index (χ3v) is 6.72. The number of imidazole rings is 1. The van der Waals surface area contributed by atoms with Crippen molar-refractivity contribution in [1.82, 2.24) is 24.8 Å². The molecule has 4 heterocycles. The van der Waals surface area contributed by atoms with Gasteiger partial charge in [-0.1, -0.05) is 13.8 Å². The Morgan fingerprint density at radius 2 is 1.96 bits per heavy atom. The molecule has 2 aromatic heterocycles. The number of nitrogens with zero attached hydrogens (tertiary/aromatic N) is 4. The van der Waals surface area contributed by atoms with Gasteiger partial charge < -0.3 is 14.5 Å². The van der Waals surface area contributed by atoms with Crippen molar-refractivity contribution >= 4 is 0 Å². The molecule has 1 atom stereocenters. The molecule has 0 bridgehead atoms. The maximum absolute atomic E-state index is 10.2. The van der Waals surface area contributed by atoms with Gasteiger partial charge >= 0.3 is 0 Å². The first-order chi connectivity index (χ1) is 13.6. The van der Waals surface area contributed by atoms with Crippen molar-refractivity contribution in [2.45, 2.75) is 52.1 Å². The highest BCUT2D eigenvalue weighted by Gasteiger charge is 2.44. The Morgan fingerprint density at radius 1 is 1.21 bits per heavy atom. The van der Waals surface area contributed by atoms with Crippen LogP contribution in [0.15, 0.2) is 23.1 Å². The lowest BCUT2D eigenvalue weighted by Crippen LogP contribution is -2.53. The number of H-pyrrole nitrogens is 1. The third kappa shape index (κ3) is 4.16. The van der Waals surface area contributed by atoms with Crippen molar-refractivity contribution in [3.8, 4) is 0 Å². The zero-order valence-corrected chi connectivity index (χ0v) is 17.1. The molecule has 154 valence electrons. The van der Waals surface area contributed by atoms with Gasteiger partial charge in [0, 0.05) is 43.9 Å². The predicted octanol–water partition coefficient (Wildman–Crippen LogP) is 2.62. The van der Waals surface area contributed by atoms with Crippen LogP contribution in [0.2, 0.25) is 0 Å². The molecule has 1 spiro atoms. The Labute approximate surface area is 167 Å². The highest BCUT2D eigenvalue weighted by atomic mass is 16.3. The first-order valence-corrected chi connectivity index (χ1v) is 10.6. The lowest BCUT2D eigenvalue weighted by Gasteiger charge is -2.51. The minimum absolute atomic E-state index is 0.269. The topological polar surface area (TPSA) is 81.4 Å². The molecule has 2 N–H and O–H groups in total. The van der Waals surface area contributed by atoms with Crippen molar-refractivity contribution in [2.24, 2.45) is 11.3 Å². The van der Waals surface area contributed by atoms with Crippen molar-refractivity contribution in [2.75, 3.05) is 32.8 Å². The van der Waals surface area contributed by atoms with Crippen LogP contribution >= 0.6 is 0 Å². The first kappa shape index (κ1) is 19.6. The number of nitrogens with one attached hydrogen (secondary N) is 1. The van der Waals surface area contributed by atoms with E-state index in [0.717, 1.165) is 75.9 Å². The Kier molecular flexibility index (Phi) is 5.85. The maximum atomic E-state index is 10.2. The average molecular weight is 388 g/mol. The number of piperidine rings is 2. The van der Waals surface area contributed by atoms with E-state index in [2.05, 4.69) is 38.6 Å². The summed E-state index contributed by atoms with van der Waals surface area (Å²) in [4.78, 5) is 17.1. The molecule has 2 saturated heterocycles. The quantitative estimate of drug-likeness (QED) is 0.793. The van der Waals surface area contributed by atoms with Crippen LogP contribution in [0, 0.1) is 11.3 Å². The van der Waals surface area contributed by atoms with Crippen LogP contribution in [0.25, 0.3) is 0 Å². The standard InChI is InChI=1S/C21H33N5O2/c1-16(2)20-24-18(15-28-20)12-26-10-5-21(17(11-26)14-27)3-8-25(9-4-21)13-19-22-6-7-23-19/h6-7,15-17,27H,3-5,8-14H2,1-2H3,(H,22,23)/t17-/m0/s1. The van der Waals surface area contributed by atoms with Gasteiger partial charge in [0.15, 0.2) is 5.89 Å². The number of aromatic nitrogens is 3. The van der Waals surface area contributed by atoms with Gasteiger partial charge in [0.05, 0.1) is 12.2 Å². The molecule has 0 unspecified atom stereocenters. The molecule has 0 amide bonds. The summed E-state index contributed by atoms with van der Waals surface area (Å²) in [5.41, 5.74) is 1.28. The minimum Gasteiger partial charge on any atom is -0.448 e. The molecule has 7 heteroatoms. The van der Waals surface area contributed by atoms with E-state index >= 15 is 0 Å². The number of aromatic amines is 1. The second kappa shape index (κ2) is 8.35. The van der Waals surface area contributed by atoms with Gasteiger partial charge in [0.2, 0.25) is 0 Å². The van der Waals surface area contributed by atoms with E-state index in [1.807, 2.05) is 12.4 Å². The van der Waals surface area contributed by atoms with E-state index in [1.165, 1.54) is 0 Å². The summed E-state index contributed by atoms with van der Waals surface area (Å²) >= 11 is 0. The van der Waals surface area contributed by atoms with Crippen molar-refractivity contribution in [3.63, 3.8) is 0 Å². The number of hydrogen-bond donors (Lipinski definition) is 2. The second-order valence-electron chi connectivity index (χ2n) is 8.87. The Balaban J connectivity index is 1.33. The number of rotatable bonds is 6. The predicted molar refractivity (Wildman–Crippen MR) is 107 cm³/mol. The Bertz CT molecular complexity index is 734. The van der Waals surface area contributed by atoms with Crippen LogP contribution in [0.5, 0.6) is 0 Å². The van der Waals surface area contributed by atoms with Crippen LogP contribution in [0.1, 0.15) is 56.4 Å². The lowest BCUT2D eigenvalue weighted by atomic mass is 9.64. The van der Waals surface area contributed by atoms with Crippen molar-refractivity contribution < 1.29 is 9.52 Å². The van der Waals surface area contributed by atoms with Gasteiger partial charge in [-0.05, 0) is 44.3 Å². The highest BCUT2D eigenvalue weighted by molar-refractivity contribution is 5.02. The van der Waals surface area contributed by atoms with Gasteiger partial charge in [-0.2, -0.15) is 0 Å². The summed E-state index contributed by atoms with van der Waals surface area (Å²) in [5.74, 6) is 2.50. The van der Waals surface area contributed by atoms with Crippen LogP contribution in [-0.4, -0.2) is 62.6 Å². The maximum Gasteiger partial charge on any atom is 0.196 e. The summed E-state index contributed by atoms with van der Waals surface area (Å²) in [6, 6.07) is 0. The monoisotopic (exact) mass is 387 g/mol. The fraction of sp³-hybridized carbons (Fsp3) is 0.714. The van der Waals surface area contributed by atoms with Crippen molar-refractivity contribution in [1.29, 1.82) is 0 Å². The average Bonchev–Trinajstić information content (AvgIpc) is 3.37. The van der Waals surface area contributed by atoms with E-state index in [0.29, 0.717) is 11.8 Å². The van der Waals surface area contributed by atoms with Crippen molar-refractivity contribution in [3.05, 3.63) is 36.1 Å². The van der Waals surface area contributed by atoms with Gasteiger partial charge in [-0.15, -0.1) is 0 Å². The van der Waals surface area contributed by atoms with E-state index < -0.39 is 0 Å². The van der Waals surface area contributed by atoms with E-state index in [1.54, 1.807) is 6.26 Å². The molecular weight excluding hydrogens is 354 g/mol. The summed E-state index contributed by atoms with van der Waals surface area (Å²) in [6.07, 6.45) is 8.97. The van der Waals surface area contributed by atoms with Gasteiger partial charge in [-0.25, -0.2) is 9.97 Å². The molecule has 4 rings (SSSR count). The largest absolute Gasteiger partial charge is 0.448 e. The second-order valence-corrected chi connectivity index (χ2v) is 8.87. The Hall–Kier alpha value is -1.70. The zero-order valence-electron chi connectivity index (χ0n) is 17.1. The van der Waals surface area contributed by atoms with Crippen LogP contribution in [-0.2, 0) is 13.1 Å². The third-order valence-electron chi connectivity index (χ3n) is 6.72. The van der Waals surface area contributed by atoms with Crippen LogP contribution < -0.4 is 0 Å². The zero-order chi connectivity index (χ0) is 19.6. The molecule has 0 aromatic carbocycles.